The third-order valence-electron chi connectivity index (χ3n) is 5.21. The average molecular weight is 568 g/mol. The number of hydrogen-bond donors (Lipinski definition) is 2. The number of unbranched alkanes of at least 4 members (excludes halogenated alkanes) is 1. The van der Waals surface area contributed by atoms with Crippen LogP contribution in [0.4, 0.5) is 0 Å². The number of sulfonamides is 2. The lowest BCUT2D eigenvalue weighted by molar-refractivity contribution is 0.428. The highest BCUT2D eigenvalue weighted by Gasteiger charge is 2.40. The van der Waals surface area contributed by atoms with Gasteiger partial charge >= 0.3 is 0 Å². The normalized spacial score (nSPS) is 20.7. The molecule has 0 amide bonds. The molecule has 0 bridgehead atoms. The van der Waals surface area contributed by atoms with E-state index >= 15 is 0 Å². The second-order valence-corrected chi connectivity index (χ2v) is 13.2. The standard InChI is InChI=1S/C21H24Cl2N2O6S3/c22-16-5-9-20(10-6-16)33(28,29)24-18-14-19(4-2-1-3-13-32(26)27)25(15-18)34(30,31)21-11-7-17(23)8-12-21/h2,4-12,18-19,24H,1,3,13-15H2,(H,26,27)/b4-2-/t18-,19-/m1/s1. The number of nitrogens with zero attached hydrogens (tertiary/aromatic N) is 1. The Morgan fingerprint density at radius 2 is 1.56 bits per heavy atom. The minimum Gasteiger partial charge on any atom is -0.306 e. The van der Waals surface area contributed by atoms with Gasteiger partial charge < -0.3 is 4.55 Å². The van der Waals surface area contributed by atoms with Crippen molar-refractivity contribution in [3.63, 3.8) is 0 Å². The first-order valence-corrected chi connectivity index (χ1v) is 15.2. The lowest BCUT2D eigenvalue weighted by Crippen LogP contribution is -2.39. The molecular weight excluding hydrogens is 543 g/mol. The summed E-state index contributed by atoms with van der Waals surface area (Å²) in [4.78, 5) is 0.0761. The van der Waals surface area contributed by atoms with E-state index in [0.29, 0.717) is 22.9 Å². The maximum Gasteiger partial charge on any atom is 0.243 e. The van der Waals surface area contributed by atoms with E-state index in [4.69, 9.17) is 27.8 Å². The third-order valence-corrected chi connectivity index (χ3v) is 9.79. The van der Waals surface area contributed by atoms with Crippen molar-refractivity contribution in [1.82, 2.24) is 9.03 Å². The summed E-state index contributed by atoms with van der Waals surface area (Å²) in [6, 6.07) is 10.2. The zero-order valence-corrected chi connectivity index (χ0v) is 21.8. The van der Waals surface area contributed by atoms with E-state index in [1.54, 1.807) is 12.2 Å². The molecule has 0 radical (unpaired) electrons. The van der Waals surface area contributed by atoms with Crippen LogP contribution in [0.15, 0.2) is 70.5 Å². The molecule has 2 N–H and O–H groups in total. The molecule has 13 heteroatoms. The van der Waals surface area contributed by atoms with Crippen LogP contribution in [0.3, 0.4) is 0 Å². The fraction of sp³-hybridized carbons (Fsp3) is 0.333. The Balaban J connectivity index is 1.82. The molecule has 186 valence electrons. The van der Waals surface area contributed by atoms with E-state index in [1.165, 1.54) is 52.8 Å². The van der Waals surface area contributed by atoms with E-state index in [0.717, 1.165) is 0 Å². The SMILES string of the molecule is O=S(O)CCC/C=C\[C@@H]1C[C@@H](NS(=O)(=O)c2ccc(Cl)cc2)CN1S(=O)(=O)c1ccc(Cl)cc1. The van der Waals surface area contributed by atoms with Crippen LogP contribution in [0, 0.1) is 0 Å². The fourth-order valence-corrected chi connectivity index (χ4v) is 7.14. The Labute approximate surface area is 212 Å². The van der Waals surface area contributed by atoms with E-state index in [9.17, 15) is 21.0 Å². The van der Waals surface area contributed by atoms with E-state index in [2.05, 4.69) is 4.72 Å². The van der Waals surface area contributed by atoms with Gasteiger partial charge in [-0.2, -0.15) is 4.31 Å². The minimum absolute atomic E-state index is 0.0278. The Morgan fingerprint density at radius 3 is 2.12 bits per heavy atom. The van der Waals surface area contributed by atoms with Crippen molar-refractivity contribution in [3.8, 4) is 0 Å². The maximum absolute atomic E-state index is 13.3. The van der Waals surface area contributed by atoms with Gasteiger partial charge in [0.05, 0.1) is 9.79 Å². The molecule has 1 fully saturated rings. The summed E-state index contributed by atoms with van der Waals surface area (Å²) < 4.78 is 75.9. The third kappa shape index (κ3) is 7.11. The van der Waals surface area contributed by atoms with Crippen LogP contribution in [-0.4, -0.2) is 54.3 Å². The summed E-state index contributed by atoms with van der Waals surface area (Å²) in [5, 5.41) is 0.793. The topological polar surface area (TPSA) is 121 Å². The molecule has 2 aromatic rings. The lowest BCUT2D eigenvalue weighted by Gasteiger charge is -2.22. The molecule has 1 unspecified atom stereocenters. The van der Waals surface area contributed by atoms with Crippen molar-refractivity contribution < 1.29 is 25.6 Å². The van der Waals surface area contributed by atoms with Crippen molar-refractivity contribution in [3.05, 3.63) is 70.7 Å². The van der Waals surface area contributed by atoms with Gasteiger partial charge in [0.25, 0.3) is 0 Å². The van der Waals surface area contributed by atoms with Crippen LogP contribution >= 0.6 is 23.2 Å². The number of benzene rings is 2. The van der Waals surface area contributed by atoms with Crippen molar-refractivity contribution in [2.24, 2.45) is 0 Å². The molecule has 3 rings (SSSR count). The largest absolute Gasteiger partial charge is 0.306 e. The molecule has 8 nitrogen and oxygen atoms in total. The van der Waals surface area contributed by atoms with Crippen molar-refractivity contribution in [1.29, 1.82) is 0 Å². The van der Waals surface area contributed by atoms with Gasteiger partial charge in [-0.05, 0) is 67.8 Å². The molecule has 0 spiro atoms. The second kappa shape index (κ2) is 11.6. The maximum atomic E-state index is 13.3. The Morgan fingerprint density at radius 1 is 1.00 bits per heavy atom. The van der Waals surface area contributed by atoms with Crippen molar-refractivity contribution in [2.75, 3.05) is 12.3 Å². The lowest BCUT2D eigenvalue weighted by atomic mass is 10.1. The highest BCUT2D eigenvalue weighted by Crippen LogP contribution is 2.29. The second-order valence-electron chi connectivity index (χ2n) is 7.70. The first-order valence-electron chi connectivity index (χ1n) is 10.3. The molecule has 1 aliphatic heterocycles. The predicted octanol–water partition coefficient (Wildman–Crippen LogP) is 3.66. The van der Waals surface area contributed by atoms with Crippen molar-refractivity contribution in [2.45, 2.75) is 41.1 Å². The monoisotopic (exact) mass is 566 g/mol. The Kier molecular flexibility index (Phi) is 9.32. The van der Waals surface area contributed by atoms with Gasteiger partial charge in [-0.15, -0.1) is 0 Å². The number of nitrogens with one attached hydrogen (secondary N) is 1. The zero-order valence-electron chi connectivity index (χ0n) is 17.9. The quantitative estimate of drug-likeness (QED) is 0.257. The molecule has 0 aromatic heterocycles. The molecule has 34 heavy (non-hydrogen) atoms. The molecule has 0 aliphatic carbocycles. The molecular formula is C21H24Cl2N2O6S3. The zero-order chi connectivity index (χ0) is 24.9. The molecule has 1 aliphatic rings. The molecule has 3 atom stereocenters. The molecule has 2 aromatic carbocycles. The van der Waals surface area contributed by atoms with Gasteiger partial charge in [-0.1, -0.05) is 35.4 Å². The van der Waals surface area contributed by atoms with Crippen LogP contribution in [-0.2, 0) is 31.1 Å². The molecule has 0 saturated carbocycles. The highest BCUT2D eigenvalue weighted by molar-refractivity contribution is 7.89. The van der Waals surface area contributed by atoms with E-state index < -0.39 is 43.2 Å². The van der Waals surface area contributed by atoms with Crippen LogP contribution in [0.2, 0.25) is 10.0 Å². The number of rotatable bonds is 10. The number of halogens is 2. The summed E-state index contributed by atoms with van der Waals surface area (Å²) in [7, 11) is -7.83. The van der Waals surface area contributed by atoms with E-state index in [-0.39, 0.29) is 28.5 Å². The minimum atomic E-state index is -3.94. The van der Waals surface area contributed by atoms with Gasteiger partial charge in [-0.3, -0.25) is 0 Å². The predicted molar refractivity (Wildman–Crippen MR) is 133 cm³/mol. The summed E-state index contributed by atoms with van der Waals surface area (Å²) in [5.74, 6) is 0.116. The summed E-state index contributed by atoms with van der Waals surface area (Å²) in [6.07, 6.45) is 4.62. The Hall–Kier alpha value is -1.31. The first kappa shape index (κ1) is 27.3. The van der Waals surface area contributed by atoms with Crippen LogP contribution in [0.25, 0.3) is 0 Å². The number of hydrogen-bond acceptors (Lipinski definition) is 5. The van der Waals surface area contributed by atoms with E-state index in [1.807, 2.05) is 0 Å². The van der Waals surface area contributed by atoms with Crippen molar-refractivity contribution >= 4 is 54.3 Å². The summed E-state index contributed by atoms with van der Waals surface area (Å²) in [6.45, 7) is -0.0621. The average Bonchev–Trinajstić information content (AvgIpc) is 3.16. The fourth-order valence-electron chi connectivity index (χ4n) is 3.59. The summed E-state index contributed by atoms with van der Waals surface area (Å²) in [5.41, 5.74) is 0. The summed E-state index contributed by atoms with van der Waals surface area (Å²) >= 11 is 9.84. The Bertz CT molecular complexity index is 1250. The smallest absolute Gasteiger partial charge is 0.243 e. The van der Waals surface area contributed by atoms with Crippen LogP contribution in [0.1, 0.15) is 19.3 Å². The van der Waals surface area contributed by atoms with Gasteiger partial charge in [0.2, 0.25) is 20.0 Å². The van der Waals surface area contributed by atoms with Crippen LogP contribution < -0.4 is 4.72 Å². The van der Waals surface area contributed by atoms with Gasteiger partial charge in [-0.25, -0.2) is 25.8 Å². The molecule has 1 heterocycles. The van der Waals surface area contributed by atoms with Gasteiger partial charge in [0.15, 0.2) is 11.1 Å². The van der Waals surface area contributed by atoms with Gasteiger partial charge in [0, 0.05) is 34.4 Å². The molecule has 1 saturated heterocycles. The first-order chi connectivity index (χ1) is 16.0. The number of allylic oxidation sites excluding steroid dienone is 1. The van der Waals surface area contributed by atoms with Gasteiger partial charge in [0.1, 0.15) is 0 Å². The van der Waals surface area contributed by atoms with Crippen LogP contribution in [0.5, 0.6) is 0 Å². The highest BCUT2D eigenvalue weighted by atomic mass is 35.5.